The number of fused-ring (bicyclic) bond motifs is 1. The van der Waals surface area contributed by atoms with Gasteiger partial charge < -0.3 is 0 Å². The maximum absolute atomic E-state index is 11.3. The minimum absolute atomic E-state index is 0.508. The number of hydrogen-bond donors (Lipinski definition) is 0. The van der Waals surface area contributed by atoms with Gasteiger partial charge in [0.2, 0.25) is 0 Å². The zero-order valence-corrected chi connectivity index (χ0v) is 6.05. The molecule has 0 aromatic carbocycles. The molecule has 2 unspecified atom stereocenters. The quantitative estimate of drug-likeness (QED) is 0.494. The van der Waals surface area contributed by atoms with E-state index >= 15 is 0 Å². The fourth-order valence-electron chi connectivity index (χ4n) is 3.30. The van der Waals surface area contributed by atoms with Crippen LogP contribution in [0.2, 0.25) is 0 Å². The van der Waals surface area contributed by atoms with Gasteiger partial charge in [0.25, 0.3) is 0 Å². The summed E-state index contributed by atoms with van der Waals surface area (Å²) < 4.78 is 0. The van der Waals surface area contributed by atoms with Gasteiger partial charge in [0, 0.05) is 12.3 Å². The van der Waals surface area contributed by atoms with Crippen LogP contribution in [0.25, 0.3) is 0 Å². The maximum Gasteiger partial charge on any atom is 0.136 e. The molecule has 0 aromatic heterocycles. The van der Waals surface area contributed by atoms with E-state index in [1.165, 1.54) is 19.3 Å². The molecule has 0 radical (unpaired) electrons. The summed E-state index contributed by atoms with van der Waals surface area (Å²) in [4.78, 5) is 11.3. The Balaban J connectivity index is 1.99. The topological polar surface area (TPSA) is 17.1 Å². The van der Waals surface area contributed by atoms with Crippen molar-refractivity contribution in [2.45, 2.75) is 25.7 Å². The average Bonchev–Trinajstić information content (AvgIpc) is 2.04. The van der Waals surface area contributed by atoms with Crippen LogP contribution in [0.5, 0.6) is 0 Å². The van der Waals surface area contributed by atoms with Crippen molar-refractivity contribution in [1.29, 1.82) is 0 Å². The molecule has 54 valence electrons. The highest BCUT2D eigenvalue weighted by molar-refractivity contribution is 5.83. The Hall–Kier alpha value is -0.330. The molecule has 0 N–H and O–H groups in total. The fraction of sp³-hybridized carbons (Fsp3) is 0.889. The summed E-state index contributed by atoms with van der Waals surface area (Å²) in [5.74, 6) is 3.88. The predicted molar refractivity (Wildman–Crippen MR) is 37.4 cm³/mol. The molecule has 4 atom stereocenters. The molecule has 3 fully saturated rings. The summed E-state index contributed by atoms with van der Waals surface area (Å²) in [6.45, 7) is 0. The molecule has 1 heteroatoms. The lowest BCUT2D eigenvalue weighted by Gasteiger charge is -2.41. The monoisotopic (exact) mass is 136 g/mol. The first kappa shape index (κ1) is 5.34. The highest BCUT2D eigenvalue weighted by Crippen LogP contribution is 2.58. The SMILES string of the molecule is O=C1CC2CC3C[C@H]1C[C@H]23. The Morgan fingerprint density at radius 2 is 2.00 bits per heavy atom. The fourth-order valence-corrected chi connectivity index (χ4v) is 3.30. The molecule has 3 aliphatic rings. The zero-order chi connectivity index (χ0) is 6.72. The molecular formula is C9H12O. The molecule has 0 spiro atoms. The summed E-state index contributed by atoms with van der Waals surface area (Å²) in [5.41, 5.74) is 0. The molecule has 10 heavy (non-hydrogen) atoms. The van der Waals surface area contributed by atoms with E-state index in [9.17, 15) is 4.79 Å². The summed E-state index contributed by atoms with van der Waals surface area (Å²) in [7, 11) is 0. The van der Waals surface area contributed by atoms with Crippen molar-refractivity contribution < 1.29 is 4.79 Å². The summed E-state index contributed by atoms with van der Waals surface area (Å²) >= 11 is 0. The predicted octanol–water partition coefficient (Wildman–Crippen LogP) is 1.62. The molecule has 0 saturated heterocycles. The Kier molecular flexibility index (Phi) is 0.781. The zero-order valence-electron chi connectivity index (χ0n) is 6.05. The van der Waals surface area contributed by atoms with Crippen molar-refractivity contribution in [2.75, 3.05) is 0 Å². The smallest absolute Gasteiger partial charge is 0.136 e. The van der Waals surface area contributed by atoms with Gasteiger partial charge in [-0.05, 0) is 37.0 Å². The van der Waals surface area contributed by atoms with Crippen LogP contribution >= 0.6 is 0 Å². The molecule has 0 amide bonds. The third-order valence-corrected chi connectivity index (χ3v) is 3.88. The van der Waals surface area contributed by atoms with Crippen LogP contribution in [-0.2, 0) is 4.79 Å². The molecule has 0 aromatic rings. The van der Waals surface area contributed by atoms with E-state index in [4.69, 9.17) is 0 Å². The van der Waals surface area contributed by atoms with E-state index < -0.39 is 0 Å². The van der Waals surface area contributed by atoms with Gasteiger partial charge in [-0.25, -0.2) is 0 Å². The average molecular weight is 136 g/mol. The first-order valence-corrected chi connectivity index (χ1v) is 4.37. The van der Waals surface area contributed by atoms with Crippen LogP contribution in [0.4, 0.5) is 0 Å². The molecule has 3 rings (SSSR count). The Morgan fingerprint density at radius 3 is 2.90 bits per heavy atom. The minimum atomic E-state index is 0.508. The second-order valence-corrected chi connectivity index (χ2v) is 4.26. The standard InChI is InChI=1S/C9H12O/c10-9-4-6-1-5-2-7(9)3-8(5)6/h5-8H,1-4H2/t5?,6?,7-,8-/m0/s1. The molecule has 2 bridgehead atoms. The van der Waals surface area contributed by atoms with Gasteiger partial charge in [-0.3, -0.25) is 4.79 Å². The van der Waals surface area contributed by atoms with Crippen LogP contribution in [0.3, 0.4) is 0 Å². The van der Waals surface area contributed by atoms with Gasteiger partial charge in [0.1, 0.15) is 5.78 Å². The van der Waals surface area contributed by atoms with Gasteiger partial charge in [0.05, 0.1) is 0 Å². The number of carbonyl (C=O) groups excluding carboxylic acids is 1. The van der Waals surface area contributed by atoms with E-state index in [-0.39, 0.29) is 0 Å². The second-order valence-electron chi connectivity index (χ2n) is 4.26. The second kappa shape index (κ2) is 1.46. The third-order valence-electron chi connectivity index (χ3n) is 3.88. The Morgan fingerprint density at radius 1 is 1.10 bits per heavy atom. The largest absolute Gasteiger partial charge is 0.299 e. The normalized spacial score (nSPS) is 56.6. The van der Waals surface area contributed by atoms with Crippen LogP contribution in [0.15, 0.2) is 0 Å². The molecule has 3 saturated carbocycles. The molecule has 0 heterocycles. The number of rotatable bonds is 0. The molecule has 0 aliphatic heterocycles. The third kappa shape index (κ3) is 0.446. The van der Waals surface area contributed by atoms with E-state index in [1.54, 1.807) is 0 Å². The summed E-state index contributed by atoms with van der Waals surface area (Å²) in [5, 5.41) is 0. The summed E-state index contributed by atoms with van der Waals surface area (Å²) in [6.07, 6.45) is 4.83. The Bertz CT molecular complexity index is 195. The number of Topliss-reactive ketones (excluding diaryl/α,β-unsaturated/α-hetero) is 1. The number of carbonyl (C=O) groups is 1. The van der Waals surface area contributed by atoms with E-state index in [0.717, 1.165) is 24.2 Å². The van der Waals surface area contributed by atoms with Crippen LogP contribution in [0, 0.1) is 23.7 Å². The van der Waals surface area contributed by atoms with Crippen molar-refractivity contribution in [3.8, 4) is 0 Å². The maximum atomic E-state index is 11.3. The van der Waals surface area contributed by atoms with Gasteiger partial charge >= 0.3 is 0 Å². The lowest BCUT2D eigenvalue weighted by atomic mass is 9.64. The van der Waals surface area contributed by atoms with Gasteiger partial charge in [-0.2, -0.15) is 0 Å². The van der Waals surface area contributed by atoms with Crippen molar-refractivity contribution in [3.05, 3.63) is 0 Å². The first-order chi connectivity index (χ1) is 4.84. The van der Waals surface area contributed by atoms with Crippen LogP contribution in [-0.4, -0.2) is 5.78 Å². The lowest BCUT2D eigenvalue weighted by molar-refractivity contribution is -0.126. The lowest BCUT2D eigenvalue weighted by Crippen LogP contribution is -2.35. The highest BCUT2D eigenvalue weighted by Gasteiger charge is 2.53. The van der Waals surface area contributed by atoms with Crippen molar-refractivity contribution in [3.63, 3.8) is 0 Å². The van der Waals surface area contributed by atoms with Crippen molar-refractivity contribution in [1.82, 2.24) is 0 Å². The van der Waals surface area contributed by atoms with Gasteiger partial charge in [-0.1, -0.05) is 0 Å². The summed E-state index contributed by atoms with van der Waals surface area (Å²) in [6, 6.07) is 0. The van der Waals surface area contributed by atoms with Crippen molar-refractivity contribution >= 4 is 5.78 Å². The molecule has 3 aliphatic carbocycles. The Labute approximate surface area is 60.8 Å². The van der Waals surface area contributed by atoms with Crippen LogP contribution in [0.1, 0.15) is 25.7 Å². The number of hydrogen-bond acceptors (Lipinski definition) is 1. The van der Waals surface area contributed by atoms with Gasteiger partial charge in [-0.15, -0.1) is 0 Å². The van der Waals surface area contributed by atoms with Crippen LogP contribution < -0.4 is 0 Å². The van der Waals surface area contributed by atoms with E-state index in [1.807, 2.05) is 0 Å². The van der Waals surface area contributed by atoms with E-state index in [0.29, 0.717) is 11.7 Å². The van der Waals surface area contributed by atoms with Gasteiger partial charge in [0.15, 0.2) is 0 Å². The first-order valence-electron chi connectivity index (χ1n) is 4.37. The number of ketones is 1. The molecule has 1 nitrogen and oxygen atoms in total. The highest BCUT2D eigenvalue weighted by atomic mass is 16.1. The van der Waals surface area contributed by atoms with Crippen molar-refractivity contribution in [2.24, 2.45) is 23.7 Å². The minimum Gasteiger partial charge on any atom is -0.299 e. The van der Waals surface area contributed by atoms with E-state index in [2.05, 4.69) is 0 Å². The molecular weight excluding hydrogens is 124 g/mol.